The molecule has 3 atom stereocenters. The lowest BCUT2D eigenvalue weighted by Gasteiger charge is -2.26. The number of guanidine groups is 1. The lowest BCUT2D eigenvalue weighted by molar-refractivity contribution is -0.149. The first kappa shape index (κ1) is 24.1. The molecular formula is C16H29N7O6. The van der Waals surface area contributed by atoms with Gasteiger partial charge in [0.2, 0.25) is 17.7 Å². The third-order valence-corrected chi connectivity index (χ3v) is 4.36. The van der Waals surface area contributed by atoms with Crippen LogP contribution in [0.1, 0.15) is 25.7 Å². The number of hydrogen-bond donors (Lipinski definition) is 7. The summed E-state index contributed by atoms with van der Waals surface area (Å²) in [7, 11) is 0. The molecule has 0 aromatic rings. The molecule has 1 fully saturated rings. The summed E-state index contributed by atoms with van der Waals surface area (Å²) in [6.45, 7) is -0.607. The Morgan fingerprint density at radius 3 is 2.52 bits per heavy atom. The summed E-state index contributed by atoms with van der Waals surface area (Å²) in [6, 6.07) is -3.15. The maximum absolute atomic E-state index is 12.4. The van der Waals surface area contributed by atoms with Crippen molar-refractivity contribution in [1.82, 2.24) is 15.5 Å². The van der Waals surface area contributed by atoms with E-state index in [0.717, 1.165) is 4.90 Å². The van der Waals surface area contributed by atoms with Gasteiger partial charge in [-0.2, -0.15) is 0 Å². The van der Waals surface area contributed by atoms with Gasteiger partial charge >= 0.3 is 5.97 Å². The zero-order valence-corrected chi connectivity index (χ0v) is 16.0. The second-order valence-corrected chi connectivity index (χ2v) is 6.60. The molecule has 0 bridgehead atoms. The van der Waals surface area contributed by atoms with E-state index in [1.54, 1.807) is 0 Å². The predicted octanol–water partition coefficient (Wildman–Crippen LogP) is -3.96. The zero-order chi connectivity index (χ0) is 22.0. The van der Waals surface area contributed by atoms with Crippen LogP contribution in [0.15, 0.2) is 4.99 Å². The molecule has 0 saturated carbocycles. The van der Waals surface area contributed by atoms with E-state index in [4.69, 9.17) is 22.3 Å². The molecule has 1 heterocycles. The normalized spacial score (nSPS) is 17.9. The number of likely N-dealkylation sites (tertiary alicyclic amines) is 1. The van der Waals surface area contributed by atoms with Crippen LogP contribution in [0.4, 0.5) is 0 Å². The maximum atomic E-state index is 12.4. The van der Waals surface area contributed by atoms with E-state index in [1.165, 1.54) is 0 Å². The van der Waals surface area contributed by atoms with Gasteiger partial charge in [0.1, 0.15) is 12.1 Å². The summed E-state index contributed by atoms with van der Waals surface area (Å²) in [6.07, 6.45) is 1.60. The van der Waals surface area contributed by atoms with Crippen molar-refractivity contribution in [3.63, 3.8) is 0 Å². The smallest absolute Gasteiger partial charge is 0.326 e. The minimum atomic E-state index is -1.30. The van der Waals surface area contributed by atoms with E-state index < -0.39 is 55.0 Å². The van der Waals surface area contributed by atoms with Gasteiger partial charge in [0, 0.05) is 13.1 Å². The van der Waals surface area contributed by atoms with Gasteiger partial charge in [-0.25, -0.2) is 4.79 Å². The Kier molecular flexibility index (Phi) is 9.82. The molecule has 3 amide bonds. The zero-order valence-electron chi connectivity index (χ0n) is 16.0. The van der Waals surface area contributed by atoms with Crippen molar-refractivity contribution >= 4 is 29.7 Å². The lowest BCUT2D eigenvalue weighted by Crippen LogP contribution is -2.55. The summed E-state index contributed by atoms with van der Waals surface area (Å²) in [5.74, 6) is -3.17. The Bertz CT molecular complexity index is 637. The quantitative estimate of drug-likeness (QED) is 0.0990. The van der Waals surface area contributed by atoms with Crippen LogP contribution in [0.25, 0.3) is 0 Å². The highest BCUT2D eigenvalue weighted by molar-refractivity contribution is 5.92. The minimum Gasteiger partial charge on any atom is -0.480 e. The molecule has 0 radical (unpaired) electrons. The molecule has 1 saturated heterocycles. The Balaban J connectivity index is 2.45. The Hall–Kier alpha value is -2.93. The van der Waals surface area contributed by atoms with Crippen molar-refractivity contribution in [2.45, 2.75) is 43.8 Å². The van der Waals surface area contributed by atoms with E-state index >= 15 is 0 Å². The summed E-state index contributed by atoms with van der Waals surface area (Å²) >= 11 is 0. The fraction of sp³-hybridized carbons (Fsp3) is 0.688. The van der Waals surface area contributed by atoms with Crippen molar-refractivity contribution in [1.29, 1.82) is 0 Å². The van der Waals surface area contributed by atoms with Crippen LogP contribution in [0.3, 0.4) is 0 Å². The first-order chi connectivity index (χ1) is 13.7. The number of carbonyl (C=O) groups is 4. The highest BCUT2D eigenvalue weighted by Gasteiger charge is 2.37. The van der Waals surface area contributed by atoms with Crippen molar-refractivity contribution in [3.05, 3.63) is 0 Å². The second kappa shape index (κ2) is 11.8. The number of aliphatic hydroxyl groups is 1. The van der Waals surface area contributed by atoms with Crippen molar-refractivity contribution in [3.8, 4) is 0 Å². The van der Waals surface area contributed by atoms with Gasteiger partial charge in [-0.3, -0.25) is 19.4 Å². The van der Waals surface area contributed by atoms with Gasteiger partial charge in [0.25, 0.3) is 0 Å². The van der Waals surface area contributed by atoms with Crippen molar-refractivity contribution in [2.75, 3.05) is 26.2 Å². The van der Waals surface area contributed by atoms with Gasteiger partial charge in [-0.1, -0.05) is 0 Å². The fourth-order valence-electron chi connectivity index (χ4n) is 2.87. The molecule has 0 spiro atoms. The number of aliphatic imine (C=N–C) groups is 1. The predicted molar refractivity (Wildman–Crippen MR) is 102 cm³/mol. The largest absolute Gasteiger partial charge is 0.480 e. The average Bonchev–Trinajstić information content (AvgIpc) is 3.16. The molecule has 0 aromatic carbocycles. The minimum absolute atomic E-state index is 0.0590. The third-order valence-electron chi connectivity index (χ3n) is 4.36. The van der Waals surface area contributed by atoms with E-state index in [2.05, 4.69) is 15.6 Å². The molecule has 0 aromatic heterocycles. The maximum Gasteiger partial charge on any atom is 0.326 e. The molecule has 0 aliphatic carbocycles. The standard InChI is InChI=1S/C16H29N7O6/c17-9(3-1-5-20-16(18)19)13(26)21-7-12(25)22-10(8-24)14(27)23-6-2-4-11(23)15(28)29/h9-11,24H,1-8,17H2,(H,21,26)(H,22,25)(H,28,29)(H4,18,19,20). The lowest BCUT2D eigenvalue weighted by atomic mass is 10.1. The third kappa shape index (κ3) is 7.91. The Morgan fingerprint density at radius 2 is 1.93 bits per heavy atom. The monoisotopic (exact) mass is 415 g/mol. The molecule has 13 heteroatoms. The van der Waals surface area contributed by atoms with Gasteiger partial charge < -0.3 is 42.9 Å². The number of carbonyl (C=O) groups excluding carboxylic acids is 3. The molecule has 1 rings (SSSR count). The first-order valence-corrected chi connectivity index (χ1v) is 9.19. The summed E-state index contributed by atoms with van der Waals surface area (Å²) in [4.78, 5) is 52.4. The van der Waals surface area contributed by atoms with Crippen LogP contribution in [0.5, 0.6) is 0 Å². The second-order valence-electron chi connectivity index (χ2n) is 6.60. The highest BCUT2D eigenvalue weighted by atomic mass is 16.4. The van der Waals surface area contributed by atoms with Crippen LogP contribution in [-0.4, -0.2) is 89.1 Å². The van der Waals surface area contributed by atoms with Crippen LogP contribution >= 0.6 is 0 Å². The number of aliphatic hydroxyl groups excluding tert-OH is 1. The molecule has 1 aliphatic heterocycles. The molecule has 10 N–H and O–H groups in total. The Morgan fingerprint density at radius 1 is 1.24 bits per heavy atom. The molecule has 29 heavy (non-hydrogen) atoms. The van der Waals surface area contributed by atoms with Gasteiger partial charge in [-0.15, -0.1) is 0 Å². The van der Waals surface area contributed by atoms with E-state index in [0.29, 0.717) is 32.2 Å². The number of nitrogens with two attached hydrogens (primary N) is 3. The summed E-state index contributed by atoms with van der Waals surface area (Å²) < 4.78 is 0. The van der Waals surface area contributed by atoms with Crippen molar-refractivity contribution < 1.29 is 29.4 Å². The van der Waals surface area contributed by atoms with Crippen LogP contribution in [0.2, 0.25) is 0 Å². The molecule has 164 valence electrons. The van der Waals surface area contributed by atoms with Crippen LogP contribution in [-0.2, 0) is 19.2 Å². The van der Waals surface area contributed by atoms with Gasteiger partial charge in [-0.05, 0) is 25.7 Å². The number of carboxylic acids is 1. The fourth-order valence-corrected chi connectivity index (χ4v) is 2.87. The molecule has 1 aliphatic rings. The van der Waals surface area contributed by atoms with Gasteiger partial charge in [0.05, 0.1) is 19.2 Å². The average molecular weight is 415 g/mol. The number of rotatable bonds is 11. The number of nitrogens with zero attached hydrogens (tertiary/aromatic N) is 2. The highest BCUT2D eigenvalue weighted by Crippen LogP contribution is 2.18. The number of nitrogens with one attached hydrogen (secondary N) is 2. The van der Waals surface area contributed by atoms with E-state index in [9.17, 15) is 24.3 Å². The Labute approximate surface area is 167 Å². The van der Waals surface area contributed by atoms with Gasteiger partial charge in [0.15, 0.2) is 5.96 Å². The van der Waals surface area contributed by atoms with E-state index in [1.807, 2.05) is 0 Å². The first-order valence-electron chi connectivity index (χ1n) is 9.19. The number of amides is 3. The van der Waals surface area contributed by atoms with Crippen LogP contribution in [0, 0.1) is 0 Å². The van der Waals surface area contributed by atoms with Crippen molar-refractivity contribution in [2.24, 2.45) is 22.2 Å². The number of hydrogen-bond acceptors (Lipinski definition) is 7. The summed E-state index contributed by atoms with van der Waals surface area (Å²) in [5.41, 5.74) is 16.1. The topological polar surface area (TPSA) is 226 Å². The molecular weight excluding hydrogens is 386 g/mol. The SMILES string of the molecule is NC(N)=NCCCC(N)C(=O)NCC(=O)NC(CO)C(=O)N1CCCC1C(=O)O. The number of aliphatic carboxylic acids is 1. The van der Waals surface area contributed by atoms with E-state index in [-0.39, 0.29) is 12.5 Å². The molecule has 3 unspecified atom stereocenters. The number of carboxylic acid groups (broad SMARTS) is 1. The summed E-state index contributed by atoms with van der Waals surface area (Å²) in [5, 5.41) is 23.2. The molecule has 13 nitrogen and oxygen atoms in total. The van der Waals surface area contributed by atoms with Crippen LogP contribution < -0.4 is 27.8 Å².